The van der Waals surface area contributed by atoms with E-state index in [1.54, 1.807) is 0 Å². The van der Waals surface area contributed by atoms with Crippen molar-refractivity contribution in [3.05, 3.63) is 29.3 Å². The van der Waals surface area contributed by atoms with Crippen LogP contribution in [0.3, 0.4) is 0 Å². The molecule has 1 heterocycles. The predicted molar refractivity (Wildman–Crippen MR) is 86.1 cm³/mol. The molecule has 0 radical (unpaired) electrons. The van der Waals surface area contributed by atoms with E-state index in [0.29, 0.717) is 11.0 Å². The van der Waals surface area contributed by atoms with Crippen LogP contribution < -0.4 is 10.6 Å². The van der Waals surface area contributed by atoms with E-state index in [1.165, 1.54) is 5.69 Å². The third kappa shape index (κ3) is 4.06. The van der Waals surface area contributed by atoms with Gasteiger partial charge < -0.3 is 10.6 Å². The molecule has 1 aliphatic rings. The molecule has 1 saturated heterocycles. The molecule has 0 bridgehead atoms. The summed E-state index contributed by atoms with van der Waals surface area (Å²) in [7, 11) is 0. The zero-order chi connectivity index (χ0) is 13.8. The molecule has 0 spiro atoms. The molecule has 0 aromatic heterocycles. The van der Waals surface area contributed by atoms with E-state index < -0.39 is 0 Å². The second-order valence-electron chi connectivity index (χ2n) is 5.02. The van der Waals surface area contributed by atoms with Gasteiger partial charge >= 0.3 is 0 Å². The molecule has 104 valence electrons. The fourth-order valence-electron chi connectivity index (χ4n) is 2.49. The molecule has 1 aliphatic heterocycles. The quantitative estimate of drug-likeness (QED) is 0.866. The lowest BCUT2D eigenvalue weighted by Gasteiger charge is -2.39. The number of thiocarbonyl (C=S) groups is 1. The van der Waals surface area contributed by atoms with Gasteiger partial charge in [0.05, 0.1) is 4.99 Å². The Balaban J connectivity index is 1.88. The normalized spacial score (nSPS) is 18.3. The minimum absolute atomic E-state index is 0.435. The Bertz CT molecular complexity index is 427. The summed E-state index contributed by atoms with van der Waals surface area (Å²) < 4.78 is 0. The summed E-state index contributed by atoms with van der Waals surface area (Å²) in [6, 6.07) is 8.48. The van der Waals surface area contributed by atoms with Gasteiger partial charge in [-0.2, -0.15) is 0 Å². The van der Waals surface area contributed by atoms with Crippen LogP contribution in [0.4, 0.5) is 5.69 Å². The molecule has 3 nitrogen and oxygen atoms in total. The highest BCUT2D eigenvalue weighted by atomic mass is 35.5. The molecule has 0 amide bonds. The standard InChI is InChI=1S/C14H20ClN3S/c1-11(10-14(16)19)17-6-8-18(9-7-17)13-4-2-12(15)3-5-13/h2-5,11H,6-10H2,1H3,(H2,16,19). The SMILES string of the molecule is CC(CC(N)=S)N1CCN(c2ccc(Cl)cc2)CC1. The lowest BCUT2D eigenvalue weighted by Crippen LogP contribution is -2.50. The fourth-order valence-corrected chi connectivity index (χ4v) is 2.86. The Morgan fingerprint density at radius 2 is 1.84 bits per heavy atom. The van der Waals surface area contributed by atoms with Crippen LogP contribution in [0.2, 0.25) is 5.02 Å². The van der Waals surface area contributed by atoms with Crippen molar-refractivity contribution >= 4 is 34.5 Å². The fraction of sp³-hybridized carbons (Fsp3) is 0.500. The first-order valence-corrected chi connectivity index (χ1v) is 7.38. The van der Waals surface area contributed by atoms with Crippen LogP contribution >= 0.6 is 23.8 Å². The number of benzene rings is 1. The third-order valence-corrected chi connectivity index (χ3v) is 4.04. The maximum atomic E-state index is 5.91. The van der Waals surface area contributed by atoms with E-state index in [9.17, 15) is 0 Å². The minimum Gasteiger partial charge on any atom is -0.393 e. The van der Waals surface area contributed by atoms with Gasteiger partial charge in [-0.1, -0.05) is 23.8 Å². The summed E-state index contributed by atoms with van der Waals surface area (Å²) in [5.74, 6) is 0. The number of halogens is 1. The van der Waals surface area contributed by atoms with Gasteiger partial charge in [0, 0.05) is 49.4 Å². The van der Waals surface area contributed by atoms with Crippen LogP contribution in [0.5, 0.6) is 0 Å². The third-order valence-electron chi connectivity index (χ3n) is 3.63. The number of piperazine rings is 1. The van der Waals surface area contributed by atoms with Crippen LogP contribution in [0.1, 0.15) is 13.3 Å². The van der Waals surface area contributed by atoms with E-state index in [2.05, 4.69) is 28.9 Å². The molecule has 1 fully saturated rings. The maximum Gasteiger partial charge on any atom is 0.0742 e. The molecule has 0 aliphatic carbocycles. The number of hydrogen-bond acceptors (Lipinski definition) is 3. The average molecular weight is 298 g/mol. The zero-order valence-corrected chi connectivity index (χ0v) is 12.8. The molecule has 1 atom stereocenters. The van der Waals surface area contributed by atoms with E-state index in [0.717, 1.165) is 37.6 Å². The van der Waals surface area contributed by atoms with Gasteiger partial charge in [0.15, 0.2) is 0 Å². The van der Waals surface area contributed by atoms with E-state index in [-0.39, 0.29) is 0 Å². The molecule has 19 heavy (non-hydrogen) atoms. The number of nitrogens with two attached hydrogens (primary N) is 1. The van der Waals surface area contributed by atoms with Gasteiger partial charge in [-0.25, -0.2) is 0 Å². The summed E-state index contributed by atoms with van der Waals surface area (Å²) in [5, 5.41) is 0.785. The van der Waals surface area contributed by atoms with E-state index in [1.807, 2.05) is 12.1 Å². The highest BCUT2D eigenvalue weighted by Crippen LogP contribution is 2.20. The summed E-state index contributed by atoms with van der Waals surface area (Å²) in [4.78, 5) is 5.44. The smallest absolute Gasteiger partial charge is 0.0742 e. The summed E-state index contributed by atoms with van der Waals surface area (Å²) in [5.41, 5.74) is 6.86. The Hall–Kier alpha value is -0.840. The minimum atomic E-state index is 0.435. The van der Waals surface area contributed by atoms with Gasteiger partial charge in [0.25, 0.3) is 0 Å². The van der Waals surface area contributed by atoms with Crippen LogP contribution in [-0.4, -0.2) is 42.1 Å². The Kier molecular flexibility index (Phi) is 5.02. The first-order chi connectivity index (χ1) is 9.06. The summed E-state index contributed by atoms with van der Waals surface area (Å²) in [6.45, 7) is 6.35. The van der Waals surface area contributed by atoms with Gasteiger partial charge in [-0.3, -0.25) is 4.90 Å². The van der Waals surface area contributed by atoms with E-state index >= 15 is 0 Å². The van der Waals surface area contributed by atoms with Crippen molar-refractivity contribution in [2.24, 2.45) is 5.73 Å². The van der Waals surface area contributed by atoms with Crippen molar-refractivity contribution in [1.82, 2.24) is 4.90 Å². The topological polar surface area (TPSA) is 32.5 Å². The number of anilines is 1. The van der Waals surface area contributed by atoms with Crippen LogP contribution in [0.15, 0.2) is 24.3 Å². The van der Waals surface area contributed by atoms with Gasteiger partial charge in [-0.15, -0.1) is 0 Å². The maximum absolute atomic E-state index is 5.91. The first-order valence-electron chi connectivity index (χ1n) is 6.59. The molecule has 5 heteroatoms. The van der Waals surface area contributed by atoms with Crippen molar-refractivity contribution < 1.29 is 0 Å². The summed E-state index contributed by atoms with van der Waals surface area (Å²) in [6.07, 6.45) is 0.802. The average Bonchev–Trinajstić information content (AvgIpc) is 2.39. The number of hydrogen-bond donors (Lipinski definition) is 1. The van der Waals surface area contributed by atoms with Crippen molar-refractivity contribution in [1.29, 1.82) is 0 Å². The molecule has 2 N–H and O–H groups in total. The Morgan fingerprint density at radius 1 is 1.26 bits per heavy atom. The van der Waals surface area contributed by atoms with E-state index in [4.69, 9.17) is 29.6 Å². The molecule has 1 aromatic carbocycles. The van der Waals surface area contributed by atoms with Crippen molar-refractivity contribution in [2.45, 2.75) is 19.4 Å². The van der Waals surface area contributed by atoms with Crippen molar-refractivity contribution in [2.75, 3.05) is 31.1 Å². The zero-order valence-electron chi connectivity index (χ0n) is 11.2. The molecule has 1 unspecified atom stereocenters. The van der Waals surface area contributed by atoms with Gasteiger partial charge in [-0.05, 0) is 31.2 Å². The highest BCUT2D eigenvalue weighted by molar-refractivity contribution is 7.80. The second-order valence-corrected chi connectivity index (χ2v) is 5.98. The lowest BCUT2D eigenvalue weighted by atomic mass is 10.1. The Morgan fingerprint density at radius 3 is 2.37 bits per heavy atom. The van der Waals surface area contributed by atoms with Crippen molar-refractivity contribution in [3.8, 4) is 0 Å². The van der Waals surface area contributed by atoms with Gasteiger partial charge in [0.1, 0.15) is 0 Å². The van der Waals surface area contributed by atoms with Gasteiger partial charge in [0.2, 0.25) is 0 Å². The highest BCUT2D eigenvalue weighted by Gasteiger charge is 2.21. The summed E-state index contributed by atoms with van der Waals surface area (Å²) >= 11 is 10.9. The predicted octanol–water partition coefficient (Wildman–Crippen LogP) is 2.53. The molecular formula is C14H20ClN3S. The van der Waals surface area contributed by atoms with Crippen molar-refractivity contribution in [3.63, 3.8) is 0 Å². The molecule has 1 aromatic rings. The number of nitrogens with zero attached hydrogens (tertiary/aromatic N) is 2. The first kappa shape index (κ1) is 14.6. The molecular weight excluding hydrogens is 278 g/mol. The largest absolute Gasteiger partial charge is 0.393 e. The number of rotatable bonds is 4. The van der Waals surface area contributed by atoms with Crippen LogP contribution in [0, 0.1) is 0 Å². The van der Waals surface area contributed by atoms with Crippen LogP contribution in [0.25, 0.3) is 0 Å². The van der Waals surface area contributed by atoms with Crippen LogP contribution in [-0.2, 0) is 0 Å². The Labute approximate surface area is 125 Å². The molecule has 2 rings (SSSR count). The lowest BCUT2D eigenvalue weighted by molar-refractivity contribution is 0.201. The monoisotopic (exact) mass is 297 g/mol. The molecule has 0 saturated carbocycles. The second kappa shape index (κ2) is 6.55.